The number of unbranched alkanes of at least 4 members (excludes halogenated alkanes) is 3. The Morgan fingerprint density at radius 1 is 1.33 bits per heavy atom. The minimum Gasteiger partial charge on any atom is -0.239 e. The molecule has 0 N–H and O–H groups in total. The van der Waals surface area contributed by atoms with E-state index in [0.29, 0.717) is 12.3 Å². The largest absolute Gasteiger partial charge is 0.239 e. The molecule has 1 atom stereocenters. The van der Waals surface area contributed by atoms with E-state index in [-0.39, 0.29) is 4.58 Å². The Balaban J connectivity index is 2.30. The van der Waals surface area contributed by atoms with Gasteiger partial charge in [0, 0.05) is 18.8 Å². The van der Waals surface area contributed by atoms with Gasteiger partial charge >= 0.3 is 0 Å². The van der Waals surface area contributed by atoms with Gasteiger partial charge in [-0.1, -0.05) is 26.2 Å². The van der Waals surface area contributed by atoms with Crippen molar-refractivity contribution in [1.82, 2.24) is 5.32 Å². The summed E-state index contributed by atoms with van der Waals surface area (Å²) in [5, 5.41) is 4.17. The molecule has 1 aliphatic heterocycles. The molecule has 0 aromatic carbocycles. The number of sulfone groups is 1. The number of thioether (sulfide) groups is 1. The monoisotopic (exact) mass is 250 g/mol. The third-order valence-corrected chi connectivity index (χ3v) is 6.55. The molecule has 1 unspecified atom stereocenters. The molecule has 5 heteroatoms. The number of nitrogens with zero attached hydrogens (tertiary/aromatic N) is 1. The molecule has 0 spiro atoms. The molecule has 1 heterocycles. The Bertz CT molecular complexity index is 259. The molecule has 0 aromatic rings. The Hall–Kier alpha value is 0.260. The summed E-state index contributed by atoms with van der Waals surface area (Å²) < 4.78 is 23.5. The molecule has 15 heavy (non-hydrogen) atoms. The predicted molar refractivity (Wildman–Crippen MR) is 66.0 cm³/mol. The summed E-state index contributed by atoms with van der Waals surface area (Å²) in [4.78, 5) is 0. The van der Waals surface area contributed by atoms with E-state index in [1.807, 2.05) is 0 Å². The van der Waals surface area contributed by atoms with Gasteiger partial charge in [0.05, 0.1) is 5.75 Å². The van der Waals surface area contributed by atoms with Crippen LogP contribution in [0.5, 0.6) is 0 Å². The van der Waals surface area contributed by atoms with Crippen LogP contribution in [-0.2, 0) is 9.84 Å². The normalized spacial score (nSPS) is 22.9. The molecule has 0 bridgehead atoms. The molecule has 1 saturated heterocycles. The quantitative estimate of drug-likeness (QED) is 0.674. The van der Waals surface area contributed by atoms with E-state index in [2.05, 4.69) is 12.2 Å². The summed E-state index contributed by atoms with van der Waals surface area (Å²) >= 11 is 1.55. The Labute approximate surface area is 97.3 Å². The summed E-state index contributed by atoms with van der Waals surface area (Å²) in [6, 6.07) is 0. The highest BCUT2D eigenvalue weighted by Crippen LogP contribution is 2.21. The SMILES string of the molecule is CCCCCCS(=O)(=O)C1C[N]CCS1. The van der Waals surface area contributed by atoms with Gasteiger partial charge in [-0.25, -0.2) is 13.7 Å². The highest BCUT2D eigenvalue weighted by atomic mass is 32.3. The second-order valence-electron chi connectivity index (χ2n) is 3.86. The maximum atomic E-state index is 11.9. The zero-order valence-electron chi connectivity index (χ0n) is 9.31. The van der Waals surface area contributed by atoms with Crippen LogP contribution >= 0.6 is 11.8 Å². The fourth-order valence-corrected chi connectivity index (χ4v) is 4.89. The lowest BCUT2D eigenvalue weighted by molar-refractivity contribution is 0.578. The highest BCUT2D eigenvalue weighted by Gasteiger charge is 2.27. The lowest BCUT2D eigenvalue weighted by Crippen LogP contribution is -2.34. The highest BCUT2D eigenvalue weighted by molar-refractivity contribution is 8.13. The van der Waals surface area contributed by atoms with E-state index >= 15 is 0 Å². The lowest BCUT2D eigenvalue weighted by atomic mass is 10.2. The van der Waals surface area contributed by atoms with E-state index in [4.69, 9.17) is 0 Å². The van der Waals surface area contributed by atoms with Gasteiger partial charge in [-0.05, 0) is 6.42 Å². The first kappa shape index (κ1) is 13.3. The van der Waals surface area contributed by atoms with Gasteiger partial charge in [0.1, 0.15) is 4.58 Å². The molecule has 0 saturated carbocycles. The minimum atomic E-state index is -2.89. The van der Waals surface area contributed by atoms with Crippen molar-refractivity contribution in [2.24, 2.45) is 0 Å². The van der Waals surface area contributed by atoms with Gasteiger partial charge in [0.2, 0.25) is 0 Å². The maximum Gasteiger partial charge on any atom is 0.163 e. The van der Waals surface area contributed by atoms with E-state index < -0.39 is 9.84 Å². The molecule has 0 aliphatic carbocycles. The summed E-state index contributed by atoms with van der Waals surface area (Å²) in [5.41, 5.74) is 0. The van der Waals surface area contributed by atoms with Crippen molar-refractivity contribution >= 4 is 21.6 Å². The number of rotatable bonds is 6. The number of hydrogen-bond donors (Lipinski definition) is 0. The topological polar surface area (TPSA) is 48.2 Å². The predicted octanol–water partition coefficient (Wildman–Crippen LogP) is 1.66. The van der Waals surface area contributed by atoms with Crippen molar-refractivity contribution in [3.8, 4) is 0 Å². The first-order valence-corrected chi connectivity index (χ1v) is 8.39. The van der Waals surface area contributed by atoms with Crippen molar-refractivity contribution in [3.05, 3.63) is 0 Å². The fraction of sp³-hybridized carbons (Fsp3) is 1.00. The molecular weight excluding hydrogens is 230 g/mol. The van der Waals surface area contributed by atoms with Gasteiger partial charge < -0.3 is 0 Å². The van der Waals surface area contributed by atoms with Crippen LogP contribution in [0.1, 0.15) is 32.6 Å². The van der Waals surface area contributed by atoms with Crippen LogP contribution in [0.2, 0.25) is 0 Å². The van der Waals surface area contributed by atoms with Gasteiger partial charge in [-0.15, -0.1) is 11.8 Å². The van der Waals surface area contributed by atoms with E-state index in [9.17, 15) is 8.42 Å². The van der Waals surface area contributed by atoms with E-state index in [1.165, 1.54) is 0 Å². The molecule has 1 fully saturated rings. The van der Waals surface area contributed by atoms with Crippen LogP contribution in [0.4, 0.5) is 0 Å². The van der Waals surface area contributed by atoms with Crippen LogP contribution in [-0.4, -0.2) is 37.6 Å². The van der Waals surface area contributed by atoms with Crippen molar-refractivity contribution in [2.45, 2.75) is 37.2 Å². The zero-order chi connectivity index (χ0) is 11.1. The standard InChI is InChI=1S/C10H20NO2S2/c1-2-3-4-5-8-15(12,13)10-9-11-6-7-14-10/h10H,2-9H2,1H3. The molecular formula is C10H20NO2S2. The Morgan fingerprint density at radius 2 is 2.13 bits per heavy atom. The van der Waals surface area contributed by atoms with Gasteiger partial charge in [-0.2, -0.15) is 0 Å². The first-order valence-electron chi connectivity index (χ1n) is 5.63. The Kier molecular flexibility index (Phi) is 6.00. The maximum absolute atomic E-state index is 11.9. The van der Waals surface area contributed by atoms with Crippen LogP contribution in [0, 0.1) is 0 Å². The minimum absolute atomic E-state index is 0.257. The van der Waals surface area contributed by atoms with Crippen LogP contribution in [0.3, 0.4) is 0 Å². The van der Waals surface area contributed by atoms with Crippen LogP contribution in [0.25, 0.3) is 0 Å². The average molecular weight is 250 g/mol. The average Bonchev–Trinajstić information content (AvgIpc) is 2.26. The molecule has 0 amide bonds. The molecule has 3 nitrogen and oxygen atoms in total. The smallest absolute Gasteiger partial charge is 0.163 e. The van der Waals surface area contributed by atoms with Crippen molar-refractivity contribution in [1.29, 1.82) is 0 Å². The van der Waals surface area contributed by atoms with E-state index in [0.717, 1.165) is 38.0 Å². The summed E-state index contributed by atoms with van der Waals surface area (Å²) in [6.07, 6.45) is 4.13. The molecule has 89 valence electrons. The van der Waals surface area contributed by atoms with E-state index in [1.54, 1.807) is 11.8 Å². The summed E-state index contributed by atoms with van der Waals surface area (Å²) in [6.45, 7) is 3.44. The van der Waals surface area contributed by atoms with Crippen LogP contribution in [0.15, 0.2) is 0 Å². The second kappa shape index (κ2) is 6.76. The molecule has 1 aliphatic rings. The van der Waals surface area contributed by atoms with Crippen LogP contribution < -0.4 is 5.32 Å². The third kappa shape index (κ3) is 4.74. The molecule has 0 aromatic heterocycles. The first-order chi connectivity index (χ1) is 7.17. The number of hydrogen-bond acceptors (Lipinski definition) is 3. The summed E-state index contributed by atoms with van der Waals surface area (Å²) in [7, 11) is -2.89. The fourth-order valence-electron chi connectivity index (χ4n) is 1.58. The van der Waals surface area contributed by atoms with Crippen molar-refractivity contribution < 1.29 is 8.42 Å². The van der Waals surface area contributed by atoms with Crippen molar-refractivity contribution in [2.75, 3.05) is 24.6 Å². The van der Waals surface area contributed by atoms with Gasteiger partial charge in [-0.3, -0.25) is 0 Å². The third-order valence-electron chi connectivity index (χ3n) is 2.51. The van der Waals surface area contributed by atoms with Crippen molar-refractivity contribution in [3.63, 3.8) is 0 Å². The van der Waals surface area contributed by atoms with Gasteiger partial charge in [0.15, 0.2) is 9.84 Å². The zero-order valence-corrected chi connectivity index (χ0v) is 10.9. The summed E-state index contributed by atoms with van der Waals surface area (Å²) in [5.74, 6) is 1.21. The molecule has 1 rings (SSSR count). The second-order valence-corrected chi connectivity index (χ2v) is 7.77. The molecule has 1 radical (unpaired) electrons. The lowest BCUT2D eigenvalue weighted by Gasteiger charge is -2.21. The Morgan fingerprint density at radius 3 is 2.73 bits per heavy atom. The van der Waals surface area contributed by atoms with Gasteiger partial charge in [0.25, 0.3) is 0 Å².